The Morgan fingerprint density at radius 1 is 1.16 bits per heavy atom. The molecule has 2 bridgehead atoms. The standard InChI is InChI=1S/C33H43N3O6S/c1-21-27-17-25(33(27,3)4)18-28(21)35-32(39)31-30(22(2)38)29(20-37)42-36(31)19-24-11-8-10-23(16-24)12-9-15-34-43(40,41)26-13-6-5-7-14-26/h5-8,10-11,13-14,16,21-22,25,27-31,34,37-38H,15,17-20H2,1-4H3,(H,35,39)/t21-,22?,25+,27-,28-,29-,30?,31-/m0/s1. The summed E-state index contributed by atoms with van der Waals surface area (Å²) >= 11 is 0. The first-order valence-corrected chi connectivity index (χ1v) is 16.6. The third kappa shape index (κ3) is 6.53. The average Bonchev–Trinajstić information content (AvgIpc) is 3.35. The highest BCUT2D eigenvalue weighted by Crippen LogP contribution is 2.61. The number of sulfonamides is 1. The van der Waals surface area contributed by atoms with Crippen molar-refractivity contribution >= 4 is 15.9 Å². The zero-order valence-electron chi connectivity index (χ0n) is 25.2. The number of nitrogens with one attached hydrogen (secondary N) is 2. The van der Waals surface area contributed by atoms with Gasteiger partial charge in [0, 0.05) is 17.5 Å². The van der Waals surface area contributed by atoms with E-state index in [9.17, 15) is 23.4 Å². The Hall–Kier alpha value is -2.78. The minimum Gasteiger partial charge on any atom is -0.394 e. The number of hydroxylamine groups is 2. The van der Waals surface area contributed by atoms with Crippen molar-refractivity contribution in [1.82, 2.24) is 15.1 Å². The normalized spacial score (nSPS) is 30.5. The van der Waals surface area contributed by atoms with E-state index in [4.69, 9.17) is 4.84 Å². The molecule has 2 aromatic carbocycles. The number of aliphatic hydroxyl groups excluding tert-OH is 2. The molecule has 10 heteroatoms. The van der Waals surface area contributed by atoms with Gasteiger partial charge in [0.15, 0.2) is 0 Å². The van der Waals surface area contributed by atoms with E-state index >= 15 is 0 Å². The van der Waals surface area contributed by atoms with Crippen molar-refractivity contribution < 1.29 is 28.3 Å². The maximum absolute atomic E-state index is 13.8. The van der Waals surface area contributed by atoms with E-state index in [0.29, 0.717) is 28.7 Å². The number of carbonyl (C=O) groups excluding carboxylic acids is 1. The first kappa shape index (κ1) is 31.6. The van der Waals surface area contributed by atoms with Gasteiger partial charge in [-0.15, -0.1) is 0 Å². The molecule has 4 N–H and O–H groups in total. The second-order valence-electron chi connectivity index (χ2n) is 12.9. The van der Waals surface area contributed by atoms with Gasteiger partial charge >= 0.3 is 0 Å². The van der Waals surface area contributed by atoms with Gasteiger partial charge in [0.2, 0.25) is 15.9 Å². The minimum atomic E-state index is -3.65. The molecule has 0 aromatic heterocycles. The number of rotatable bonds is 9. The molecule has 43 heavy (non-hydrogen) atoms. The second kappa shape index (κ2) is 12.7. The lowest BCUT2D eigenvalue weighted by molar-refractivity contribution is -0.183. The molecule has 3 aliphatic carbocycles. The fourth-order valence-corrected chi connectivity index (χ4v) is 8.32. The molecule has 6 rings (SSSR count). The van der Waals surface area contributed by atoms with E-state index in [2.05, 4.69) is 42.7 Å². The summed E-state index contributed by atoms with van der Waals surface area (Å²) in [7, 11) is -3.65. The van der Waals surface area contributed by atoms with E-state index in [1.807, 2.05) is 24.3 Å². The van der Waals surface area contributed by atoms with E-state index in [0.717, 1.165) is 12.0 Å². The summed E-state index contributed by atoms with van der Waals surface area (Å²) in [5.41, 5.74) is 1.81. The van der Waals surface area contributed by atoms with Gasteiger partial charge in [0.05, 0.1) is 30.7 Å². The molecule has 0 radical (unpaired) electrons. The van der Waals surface area contributed by atoms with Crippen molar-refractivity contribution in [2.45, 2.75) is 76.3 Å². The van der Waals surface area contributed by atoms with Crippen LogP contribution in [0.3, 0.4) is 0 Å². The van der Waals surface area contributed by atoms with E-state index in [-0.39, 0.29) is 36.5 Å². The van der Waals surface area contributed by atoms with Crippen LogP contribution < -0.4 is 10.0 Å². The first-order valence-electron chi connectivity index (χ1n) is 15.1. The summed E-state index contributed by atoms with van der Waals surface area (Å²) in [5, 5.41) is 25.6. The van der Waals surface area contributed by atoms with Crippen LogP contribution >= 0.6 is 0 Å². The molecule has 8 atom stereocenters. The number of amides is 1. The Balaban J connectivity index is 1.27. The van der Waals surface area contributed by atoms with E-state index in [1.54, 1.807) is 30.2 Å². The molecule has 1 heterocycles. The van der Waals surface area contributed by atoms with Gasteiger partial charge in [-0.1, -0.05) is 62.9 Å². The van der Waals surface area contributed by atoms with Crippen LogP contribution in [0.5, 0.6) is 0 Å². The number of fused-ring (bicyclic) bond motifs is 2. The maximum atomic E-state index is 13.8. The molecular formula is C33H43N3O6S. The largest absolute Gasteiger partial charge is 0.394 e. The van der Waals surface area contributed by atoms with Crippen LogP contribution in [-0.2, 0) is 26.2 Å². The lowest BCUT2D eigenvalue weighted by Gasteiger charge is -2.62. The van der Waals surface area contributed by atoms with Crippen LogP contribution in [0.4, 0.5) is 0 Å². The van der Waals surface area contributed by atoms with Gasteiger partial charge in [0.1, 0.15) is 12.1 Å². The summed E-state index contributed by atoms with van der Waals surface area (Å²) in [6.45, 7) is 8.37. The Kier molecular flexibility index (Phi) is 9.33. The van der Waals surface area contributed by atoms with Gasteiger partial charge in [0.25, 0.3) is 0 Å². The smallest absolute Gasteiger partial charge is 0.241 e. The summed E-state index contributed by atoms with van der Waals surface area (Å²) in [4.78, 5) is 20.1. The predicted molar refractivity (Wildman–Crippen MR) is 163 cm³/mol. The number of nitrogens with zero attached hydrogens (tertiary/aromatic N) is 1. The maximum Gasteiger partial charge on any atom is 0.241 e. The van der Waals surface area contributed by atoms with Gasteiger partial charge in [-0.25, -0.2) is 8.42 Å². The van der Waals surface area contributed by atoms with Gasteiger partial charge < -0.3 is 15.5 Å². The van der Waals surface area contributed by atoms with Crippen molar-refractivity contribution in [1.29, 1.82) is 0 Å². The Labute approximate surface area is 255 Å². The Bertz CT molecular complexity index is 1470. The Morgan fingerprint density at radius 2 is 1.91 bits per heavy atom. The monoisotopic (exact) mass is 609 g/mol. The summed E-state index contributed by atoms with van der Waals surface area (Å²) < 4.78 is 27.3. The molecule has 2 unspecified atom stereocenters. The number of carbonyl (C=O) groups is 1. The molecule has 1 aliphatic heterocycles. The highest BCUT2D eigenvalue weighted by atomic mass is 32.2. The summed E-state index contributed by atoms with van der Waals surface area (Å²) in [5.74, 6) is 6.57. The van der Waals surface area contributed by atoms with Gasteiger partial charge in [-0.3, -0.25) is 9.63 Å². The fourth-order valence-electron chi connectivity index (χ4n) is 7.37. The first-order chi connectivity index (χ1) is 20.4. The molecule has 0 spiro atoms. The molecule has 232 valence electrons. The number of hydrogen-bond donors (Lipinski definition) is 4. The number of benzene rings is 2. The SMILES string of the molecule is CC(O)C1[C@H](CO)ON(Cc2cccc(C#CCNS(=O)(=O)c3ccccc3)c2)[C@@H]1C(=O)N[C@H]1C[C@H]2C[C@@H]([C@@H]1C)C2(C)C. The highest BCUT2D eigenvalue weighted by Gasteiger charge is 2.57. The molecule has 4 fully saturated rings. The third-order valence-electron chi connectivity index (χ3n) is 9.96. The van der Waals surface area contributed by atoms with Crippen molar-refractivity contribution in [2.24, 2.45) is 29.1 Å². The summed E-state index contributed by atoms with van der Waals surface area (Å²) in [6, 6.07) is 14.8. The van der Waals surface area contributed by atoms with Crippen molar-refractivity contribution in [3.8, 4) is 11.8 Å². The van der Waals surface area contributed by atoms with Crippen molar-refractivity contribution in [2.75, 3.05) is 13.2 Å². The second-order valence-corrected chi connectivity index (χ2v) is 14.6. The van der Waals surface area contributed by atoms with Gasteiger partial charge in [-0.05, 0) is 72.8 Å². The lowest BCUT2D eigenvalue weighted by atomic mass is 9.45. The lowest BCUT2D eigenvalue weighted by Crippen LogP contribution is -2.62. The van der Waals surface area contributed by atoms with Crippen LogP contribution in [-0.4, -0.2) is 67.0 Å². The van der Waals surface area contributed by atoms with Crippen LogP contribution in [0.15, 0.2) is 59.5 Å². The molecule has 4 aliphatic rings. The van der Waals surface area contributed by atoms with Gasteiger partial charge in [-0.2, -0.15) is 9.79 Å². The third-order valence-corrected chi connectivity index (χ3v) is 11.4. The quantitative estimate of drug-likeness (QED) is 0.322. The van der Waals surface area contributed by atoms with E-state index in [1.165, 1.54) is 18.6 Å². The molecule has 1 amide bonds. The highest BCUT2D eigenvalue weighted by molar-refractivity contribution is 7.89. The molecule has 2 aromatic rings. The molecule has 9 nitrogen and oxygen atoms in total. The minimum absolute atomic E-state index is 0.0499. The zero-order chi connectivity index (χ0) is 30.9. The van der Waals surface area contributed by atoms with Crippen LogP contribution in [0.25, 0.3) is 0 Å². The van der Waals surface area contributed by atoms with Crippen LogP contribution in [0.1, 0.15) is 51.7 Å². The van der Waals surface area contributed by atoms with E-state index < -0.39 is 34.2 Å². The fraction of sp³-hybridized carbons (Fsp3) is 0.545. The predicted octanol–water partition coefficient (Wildman–Crippen LogP) is 2.68. The molecule has 1 saturated heterocycles. The van der Waals surface area contributed by atoms with Crippen LogP contribution in [0, 0.1) is 40.9 Å². The topological polar surface area (TPSA) is 128 Å². The number of hydrogen-bond acceptors (Lipinski definition) is 7. The van der Waals surface area contributed by atoms with Crippen molar-refractivity contribution in [3.05, 3.63) is 65.7 Å². The average molecular weight is 610 g/mol. The van der Waals surface area contributed by atoms with Crippen molar-refractivity contribution in [3.63, 3.8) is 0 Å². The summed E-state index contributed by atoms with van der Waals surface area (Å²) in [6.07, 6.45) is 0.563. The van der Waals surface area contributed by atoms with Crippen LogP contribution in [0.2, 0.25) is 0 Å². The molecular weight excluding hydrogens is 566 g/mol. The zero-order valence-corrected chi connectivity index (χ0v) is 26.0. The Morgan fingerprint density at radius 3 is 2.56 bits per heavy atom. The molecule has 3 saturated carbocycles. The number of aliphatic hydroxyl groups is 2.